The lowest BCUT2D eigenvalue weighted by molar-refractivity contribution is 0.212. The first-order chi connectivity index (χ1) is 9.06. The van der Waals surface area contributed by atoms with Gasteiger partial charge in [0.1, 0.15) is 6.10 Å². The molecule has 0 saturated carbocycles. The normalized spacial score (nSPS) is 12.3. The van der Waals surface area contributed by atoms with Gasteiger partial charge in [0, 0.05) is 10.0 Å². The fourth-order valence-corrected chi connectivity index (χ4v) is 2.43. The highest BCUT2D eigenvalue weighted by Crippen LogP contribution is 2.33. The lowest BCUT2D eigenvalue weighted by Crippen LogP contribution is -2.05. The topological polar surface area (TPSA) is 29.5 Å². The molecular formula is C15H14BrFO2. The van der Waals surface area contributed by atoms with Crippen LogP contribution in [0.4, 0.5) is 4.39 Å². The number of hydrogen-bond acceptors (Lipinski definition) is 2. The largest absolute Gasteiger partial charge is 0.494 e. The Bertz CT molecular complexity index is 599. The molecule has 0 radical (unpaired) electrons. The summed E-state index contributed by atoms with van der Waals surface area (Å²) < 4.78 is 19.9. The molecule has 0 spiro atoms. The van der Waals surface area contributed by atoms with E-state index in [-0.39, 0.29) is 11.3 Å². The average Bonchev–Trinajstić information content (AvgIpc) is 2.41. The van der Waals surface area contributed by atoms with Gasteiger partial charge < -0.3 is 9.84 Å². The maximum absolute atomic E-state index is 14.1. The second kappa shape index (κ2) is 5.72. The number of methoxy groups -OCH3 is 1. The number of aliphatic hydroxyl groups is 1. The SMILES string of the molecule is COc1cccc(C(O)c2cccc(C)c2Br)c1F. The molecule has 19 heavy (non-hydrogen) atoms. The standard InChI is InChI=1S/C15H14BrFO2/c1-9-5-3-6-10(13(9)16)15(18)11-7-4-8-12(19-2)14(11)17/h3-8,15,18H,1-2H3. The molecule has 0 aliphatic rings. The van der Waals surface area contributed by atoms with Gasteiger partial charge in [-0.25, -0.2) is 4.39 Å². The molecule has 0 bridgehead atoms. The first kappa shape index (κ1) is 14.0. The van der Waals surface area contributed by atoms with Crippen molar-refractivity contribution in [3.8, 4) is 5.75 Å². The molecule has 0 aromatic heterocycles. The minimum atomic E-state index is -1.04. The van der Waals surface area contributed by atoms with E-state index in [0.717, 1.165) is 10.0 Å². The molecule has 1 atom stereocenters. The van der Waals surface area contributed by atoms with Crippen molar-refractivity contribution in [1.29, 1.82) is 0 Å². The zero-order chi connectivity index (χ0) is 14.0. The van der Waals surface area contributed by atoms with E-state index in [9.17, 15) is 9.50 Å². The first-order valence-electron chi connectivity index (χ1n) is 5.81. The van der Waals surface area contributed by atoms with E-state index in [1.54, 1.807) is 18.2 Å². The summed E-state index contributed by atoms with van der Waals surface area (Å²) in [5, 5.41) is 10.4. The number of ether oxygens (including phenoxy) is 1. The van der Waals surface area contributed by atoms with Gasteiger partial charge in [0.25, 0.3) is 0 Å². The van der Waals surface area contributed by atoms with Crippen LogP contribution in [0.3, 0.4) is 0 Å². The van der Waals surface area contributed by atoms with Gasteiger partial charge in [0.05, 0.1) is 7.11 Å². The Balaban J connectivity index is 2.50. The number of halogens is 2. The van der Waals surface area contributed by atoms with Gasteiger partial charge in [-0.2, -0.15) is 0 Å². The Morgan fingerprint density at radius 3 is 2.47 bits per heavy atom. The zero-order valence-electron chi connectivity index (χ0n) is 10.7. The summed E-state index contributed by atoms with van der Waals surface area (Å²) in [5.41, 5.74) is 1.82. The summed E-state index contributed by atoms with van der Waals surface area (Å²) in [6.07, 6.45) is -1.04. The Kier molecular flexibility index (Phi) is 4.22. The van der Waals surface area contributed by atoms with Crippen molar-refractivity contribution in [2.45, 2.75) is 13.0 Å². The van der Waals surface area contributed by atoms with Crippen LogP contribution in [0, 0.1) is 12.7 Å². The maximum Gasteiger partial charge on any atom is 0.171 e. The number of aliphatic hydroxyl groups excluding tert-OH is 1. The Labute approximate surface area is 120 Å². The average molecular weight is 325 g/mol. The fraction of sp³-hybridized carbons (Fsp3) is 0.200. The fourth-order valence-electron chi connectivity index (χ4n) is 1.95. The van der Waals surface area contributed by atoms with E-state index in [2.05, 4.69) is 15.9 Å². The Morgan fingerprint density at radius 1 is 1.16 bits per heavy atom. The van der Waals surface area contributed by atoms with Gasteiger partial charge in [-0.05, 0) is 24.1 Å². The smallest absolute Gasteiger partial charge is 0.171 e. The number of hydrogen-bond donors (Lipinski definition) is 1. The first-order valence-corrected chi connectivity index (χ1v) is 6.61. The monoisotopic (exact) mass is 324 g/mol. The van der Waals surface area contributed by atoms with Gasteiger partial charge in [0.15, 0.2) is 11.6 Å². The Hall–Kier alpha value is -1.39. The lowest BCUT2D eigenvalue weighted by Gasteiger charge is -2.16. The molecule has 2 aromatic rings. The third kappa shape index (κ3) is 2.65. The Morgan fingerprint density at radius 2 is 1.79 bits per heavy atom. The predicted molar refractivity (Wildman–Crippen MR) is 75.9 cm³/mol. The van der Waals surface area contributed by atoms with Crippen LogP contribution in [0.5, 0.6) is 5.75 Å². The van der Waals surface area contributed by atoms with Crippen LogP contribution < -0.4 is 4.74 Å². The van der Waals surface area contributed by atoms with E-state index in [1.807, 2.05) is 19.1 Å². The molecule has 1 unspecified atom stereocenters. The van der Waals surface area contributed by atoms with Crippen molar-refractivity contribution >= 4 is 15.9 Å². The molecule has 2 rings (SSSR count). The number of benzene rings is 2. The molecule has 2 aromatic carbocycles. The van der Waals surface area contributed by atoms with E-state index in [1.165, 1.54) is 13.2 Å². The van der Waals surface area contributed by atoms with Crippen molar-refractivity contribution in [2.75, 3.05) is 7.11 Å². The van der Waals surface area contributed by atoms with Crippen LogP contribution in [-0.2, 0) is 0 Å². The molecule has 0 aliphatic heterocycles. The third-order valence-electron chi connectivity index (χ3n) is 3.02. The molecule has 4 heteroatoms. The third-order valence-corrected chi connectivity index (χ3v) is 4.11. The summed E-state index contributed by atoms with van der Waals surface area (Å²) in [5.74, 6) is -0.411. The minimum absolute atomic E-state index is 0.125. The van der Waals surface area contributed by atoms with Crippen LogP contribution in [0.25, 0.3) is 0 Å². The van der Waals surface area contributed by atoms with E-state index >= 15 is 0 Å². The van der Waals surface area contributed by atoms with Crippen molar-refractivity contribution in [1.82, 2.24) is 0 Å². The van der Waals surface area contributed by atoms with E-state index in [0.29, 0.717) is 5.56 Å². The quantitative estimate of drug-likeness (QED) is 0.925. The molecule has 0 saturated heterocycles. The van der Waals surface area contributed by atoms with Crippen molar-refractivity contribution in [3.05, 3.63) is 63.4 Å². The van der Waals surface area contributed by atoms with Crippen LogP contribution in [0.2, 0.25) is 0 Å². The molecule has 0 aliphatic carbocycles. The second-order valence-electron chi connectivity index (χ2n) is 4.24. The second-order valence-corrected chi connectivity index (χ2v) is 5.04. The van der Waals surface area contributed by atoms with Crippen LogP contribution >= 0.6 is 15.9 Å². The summed E-state index contributed by atoms with van der Waals surface area (Å²) in [7, 11) is 1.40. The molecule has 0 amide bonds. The van der Waals surface area contributed by atoms with Crippen molar-refractivity contribution in [2.24, 2.45) is 0 Å². The van der Waals surface area contributed by atoms with E-state index < -0.39 is 11.9 Å². The van der Waals surface area contributed by atoms with Crippen LogP contribution in [0.15, 0.2) is 40.9 Å². The number of aryl methyl sites for hydroxylation is 1. The highest BCUT2D eigenvalue weighted by molar-refractivity contribution is 9.10. The molecule has 1 N–H and O–H groups in total. The van der Waals surface area contributed by atoms with Gasteiger partial charge in [-0.1, -0.05) is 46.3 Å². The van der Waals surface area contributed by atoms with Crippen LogP contribution in [-0.4, -0.2) is 12.2 Å². The van der Waals surface area contributed by atoms with Gasteiger partial charge in [0.2, 0.25) is 0 Å². The van der Waals surface area contributed by atoms with Crippen molar-refractivity contribution in [3.63, 3.8) is 0 Å². The molecule has 2 nitrogen and oxygen atoms in total. The molecule has 0 fully saturated rings. The summed E-state index contributed by atoms with van der Waals surface area (Å²) in [4.78, 5) is 0. The molecular weight excluding hydrogens is 311 g/mol. The van der Waals surface area contributed by atoms with Gasteiger partial charge >= 0.3 is 0 Å². The summed E-state index contributed by atoms with van der Waals surface area (Å²) >= 11 is 3.42. The van der Waals surface area contributed by atoms with Gasteiger partial charge in [-0.15, -0.1) is 0 Å². The van der Waals surface area contributed by atoms with Gasteiger partial charge in [-0.3, -0.25) is 0 Å². The summed E-state index contributed by atoms with van der Waals surface area (Å²) in [6, 6.07) is 10.2. The predicted octanol–water partition coefficient (Wildman–Crippen LogP) is 3.99. The lowest BCUT2D eigenvalue weighted by atomic mass is 9.99. The van der Waals surface area contributed by atoms with Crippen molar-refractivity contribution < 1.29 is 14.2 Å². The number of rotatable bonds is 3. The zero-order valence-corrected chi connectivity index (χ0v) is 12.2. The highest BCUT2D eigenvalue weighted by atomic mass is 79.9. The van der Waals surface area contributed by atoms with E-state index in [4.69, 9.17) is 4.74 Å². The molecule has 100 valence electrons. The highest BCUT2D eigenvalue weighted by Gasteiger charge is 2.20. The van der Waals surface area contributed by atoms with Crippen LogP contribution in [0.1, 0.15) is 22.8 Å². The maximum atomic E-state index is 14.1. The minimum Gasteiger partial charge on any atom is -0.494 e. The molecule has 0 heterocycles. The summed E-state index contributed by atoms with van der Waals surface area (Å²) in [6.45, 7) is 1.92.